The summed E-state index contributed by atoms with van der Waals surface area (Å²) in [6.45, 7) is 3.90. The molecular weight excluding hydrogens is 323 g/mol. The molecule has 0 aliphatic heterocycles. The van der Waals surface area contributed by atoms with Crippen molar-refractivity contribution in [2.45, 2.75) is 33.5 Å². The fraction of sp³-hybridized carbons (Fsp3) is 0.375. The van der Waals surface area contributed by atoms with Gasteiger partial charge in [0.2, 0.25) is 5.91 Å². The number of ether oxygens (including phenoxy) is 1. The number of hydrogen-bond donors (Lipinski definition) is 1. The lowest BCUT2D eigenvalue weighted by atomic mass is 10.2. The second kappa shape index (κ2) is 6.94. The fourth-order valence-corrected chi connectivity index (χ4v) is 2.17. The summed E-state index contributed by atoms with van der Waals surface area (Å²) in [7, 11) is 0. The van der Waals surface area contributed by atoms with Crippen LogP contribution in [0.2, 0.25) is 0 Å². The first-order valence-corrected chi connectivity index (χ1v) is 7.25. The van der Waals surface area contributed by atoms with E-state index in [0.717, 1.165) is 17.0 Å². The van der Waals surface area contributed by atoms with E-state index < -0.39 is 18.7 Å². The van der Waals surface area contributed by atoms with E-state index in [4.69, 9.17) is 4.74 Å². The molecule has 1 heterocycles. The minimum absolute atomic E-state index is 0.0194. The van der Waals surface area contributed by atoms with Gasteiger partial charge in [-0.15, -0.1) is 0 Å². The second-order valence-electron chi connectivity index (χ2n) is 5.54. The van der Waals surface area contributed by atoms with Crippen molar-refractivity contribution in [3.63, 3.8) is 0 Å². The molecule has 1 N–H and O–H groups in total. The lowest BCUT2D eigenvalue weighted by Crippen LogP contribution is -2.22. The molecule has 0 aliphatic rings. The summed E-state index contributed by atoms with van der Waals surface area (Å²) >= 11 is 0. The van der Waals surface area contributed by atoms with Crippen LogP contribution in [-0.4, -0.2) is 28.5 Å². The number of amides is 1. The van der Waals surface area contributed by atoms with Crippen LogP contribution in [0.4, 0.5) is 18.9 Å². The molecular formula is C16H18F3N3O2. The van der Waals surface area contributed by atoms with E-state index in [0.29, 0.717) is 0 Å². The van der Waals surface area contributed by atoms with Crippen molar-refractivity contribution in [2.24, 2.45) is 0 Å². The number of hydrogen-bond acceptors (Lipinski definition) is 3. The van der Waals surface area contributed by atoms with Gasteiger partial charge in [0.15, 0.2) is 6.61 Å². The van der Waals surface area contributed by atoms with Crippen LogP contribution in [0.15, 0.2) is 24.3 Å². The van der Waals surface area contributed by atoms with E-state index in [1.165, 1.54) is 16.8 Å². The number of benzene rings is 1. The van der Waals surface area contributed by atoms with Crippen molar-refractivity contribution in [3.05, 3.63) is 41.2 Å². The Kier molecular flexibility index (Phi) is 5.16. The first-order chi connectivity index (χ1) is 11.1. The zero-order valence-electron chi connectivity index (χ0n) is 13.6. The molecule has 1 aromatic carbocycles. The van der Waals surface area contributed by atoms with E-state index in [1.54, 1.807) is 13.0 Å². The number of carbonyl (C=O) groups excluding carboxylic acids is 1. The number of alkyl halides is 3. The number of nitrogens with one attached hydrogen (secondary N) is 1. The van der Waals surface area contributed by atoms with Gasteiger partial charge in [-0.2, -0.15) is 18.3 Å². The van der Waals surface area contributed by atoms with E-state index in [-0.39, 0.29) is 18.0 Å². The Labute approximate surface area is 137 Å². The average molecular weight is 341 g/mol. The first-order valence-electron chi connectivity index (χ1n) is 7.25. The van der Waals surface area contributed by atoms with E-state index in [9.17, 15) is 18.0 Å². The van der Waals surface area contributed by atoms with Crippen molar-refractivity contribution < 1.29 is 22.7 Å². The molecule has 0 saturated heterocycles. The zero-order chi connectivity index (χ0) is 17.9. The summed E-state index contributed by atoms with van der Waals surface area (Å²) in [5.74, 6) is -0.420. The van der Waals surface area contributed by atoms with Gasteiger partial charge in [-0.05, 0) is 44.5 Å². The summed E-state index contributed by atoms with van der Waals surface area (Å²) < 4.78 is 43.4. The molecule has 0 fully saturated rings. The number of aryl methyl sites for hydroxylation is 3. The molecule has 8 heteroatoms. The van der Waals surface area contributed by atoms with Gasteiger partial charge in [-0.1, -0.05) is 6.07 Å². The standard InChI is InChI=1S/C16H18F3N3O2/c1-10-4-5-13(14(6-10)24-9-16(17,18)19)20-15(23)8-22-12(3)7-11(2)21-22/h4-7H,8-9H2,1-3H3,(H,20,23). The van der Waals surface area contributed by atoms with Crippen molar-refractivity contribution in [3.8, 4) is 5.75 Å². The molecule has 0 atom stereocenters. The number of carbonyl (C=O) groups is 1. The smallest absolute Gasteiger partial charge is 0.422 e. The van der Waals surface area contributed by atoms with Crippen molar-refractivity contribution in [2.75, 3.05) is 11.9 Å². The predicted octanol–water partition coefficient (Wildman–Crippen LogP) is 3.39. The molecule has 0 unspecified atom stereocenters. The Balaban J connectivity index is 2.10. The van der Waals surface area contributed by atoms with E-state index >= 15 is 0 Å². The van der Waals surface area contributed by atoms with Gasteiger partial charge in [0.1, 0.15) is 12.3 Å². The quantitative estimate of drug-likeness (QED) is 0.907. The highest BCUT2D eigenvalue weighted by Gasteiger charge is 2.29. The SMILES string of the molecule is Cc1ccc(NC(=O)Cn2nc(C)cc2C)c(OCC(F)(F)F)c1. The fourth-order valence-electron chi connectivity index (χ4n) is 2.17. The summed E-state index contributed by atoms with van der Waals surface area (Å²) in [5, 5.41) is 6.74. The van der Waals surface area contributed by atoms with Crippen LogP contribution in [-0.2, 0) is 11.3 Å². The predicted molar refractivity (Wildman–Crippen MR) is 83.1 cm³/mol. The van der Waals surface area contributed by atoms with Crippen molar-refractivity contribution in [1.29, 1.82) is 0 Å². The number of rotatable bonds is 5. The van der Waals surface area contributed by atoms with Gasteiger partial charge < -0.3 is 10.1 Å². The van der Waals surface area contributed by atoms with Gasteiger partial charge in [0.05, 0.1) is 11.4 Å². The van der Waals surface area contributed by atoms with Crippen LogP contribution in [0, 0.1) is 20.8 Å². The molecule has 24 heavy (non-hydrogen) atoms. The molecule has 5 nitrogen and oxygen atoms in total. The van der Waals surface area contributed by atoms with Gasteiger partial charge >= 0.3 is 6.18 Å². The maximum atomic E-state index is 12.3. The topological polar surface area (TPSA) is 56.2 Å². The molecule has 130 valence electrons. The Hall–Kier alpha value is -2.51. The van der Waals surface area contributed by atoms with Gasteiger partial charge in [0, 0.05) is 5.69 Å². The number of nitrogens with zero attached hydrogens (tertiary/aromatic N) is 2. The Morgan fingerprint density at radius 2 is 1.96 bits per heavy atom. The lowest BCUT2D eigenvalue weighted by Gasteiger charge is -2.15. The molecule has 1 amide bonds. The number of aromatic nitrogens is 2. The number of anilines is 1. The summed E-state index contributed by atoms with van der Waals surface area (Å²) in [6, 6.07) is 6.47. The maximum absolute atomic E-state index is 12.3. The third-order valence-electron chi connectivity index (χ3n) is 3.20. The zero-order valence-corrected chi connectivity index (χ0v) is 13.6. The highest BCUT2D eigenvalue weighted by atomic mass is 19.4. The Bertz CT molecular complexity index is 739. The molecule has 2 rings (SSSR count). The van der Waals surface area contributed by atoms with Crippen LogP contribution in [0.1, 0.15) is 17.0 Å². The largest absolute Gasteiger partial charge is 0.482 e. The normalized spacial score (nSPS) is 11.4. The molecule has 0 bridgehead atoms. The van der Waals surface area contributed by atoms with Crippen molar-refractivity contribution >= 4 is 11.6 Å². The molecule has 0 saturated carbocycles. The molecule has 0 aliphatic carbocycles. The first kappa shape index (κ1) is 17.8. The Morgan fingerprint density at radius 3 is 2.54 bits per heavy atom. The van der Waals surface area contributed by atoms with Crippen LogP contribution in [0.25, 0.3) is 0 Å². The van der Waals surface area contributed by atoms with Crippen LogP contribution < -0.4 is 10.1 Å². The highest BCUT2D eigenvalue weighted by molar-refractivity contribution is 5.92. The molecule has 0 radical (unpaired) electrons. The monoisotopic (exact) mass is 341 g/mol. The summed E-state index contributed by atoms with van der Waals surface area (Å²) in [4.78, 5) is 12.1. The molecule has 1 aromatic heterocycles. The van der Waals surface area contributed by atoms with Gasteiger partial charge in [0.25, 0.3) is 0 Å². The van der Waals surface area contributed by atoms with Crippen LogP contribution in [0.3, 0.4) is 0 Å². The third-order valence-corrected chi connectivity index (χ3v) is 3.20. The van der Waals surface area contributed by atoms with Crippen LogP contribution in [0.5, 0.6) is 5.75 Å². The minimum atomic E-state index is -4.45. The summed E-state index contributed by atoms with van der Waals surface area (Å²) in [5.41, 5.74) is 2.52. The lowest BCUT2D eigenvalue weighted by molar-refractivity contribution is -0.153. The highest BCUT2D eigenvalue weighted by Crippen LogP contribution is 2.28. The number of halogens is 3. The van der Waals surface area contributed by atoms with Crippen molar-refractivity contribution in [1.82, 2.24) is 9.78 Å². The van der Waals surface area contributed by atoms with Crippen LogP contribution >= 0.6 is 0 Å². The average Bonchev–Trinajstić information content (AvgIpc) is 2.76. The van der Waals surface area contributed by atoms with Gasteiger partial charge in [-0.25, -0.2) is 0 Å². The second-order valence-corrected chi connectivity index (χ2v) is 5.54. The Morgan fingerprint density at radius 1 is 1.25 bits per heavy atom. The minimum Gasteiger partial charge on any atom is -0.482 e. The maximum Gasteiger partial charge on any atom is 0.422 e. The third kappa shape index (κ3) is 5.00. The summed E-state index contributed by atoms with van der Waals surface area (Å²) in [6.07, 6.45) is -4.45. The van der Waals surface area contributed by atoms with E-state index in [1.807, 2.05) is 19.9 Å². The van der Waals surface area contributed by atoms with E-state index in [2.05, 4.69) is 10.4 Å². The molecule has 0 spiro atoms. The molecule has 2 aromatic rings. The van der Waals surface area contributed by atoms with Gasteiger partial charge in [-0.3, -0.25) is 9.48 Å².